The molecule has 0 aromatic heterocycles. The van der Waals surface area contributed by atoms with Gasteiger partial charge in [0.05, 0.1) is 34.8 Å². The Morgan fingerprint density at radius 3 is 2.21 bits per heavy atom. The third kappa shape index (κ3) is 7.81. The van der Waals surface area contributed by atoms with Gasteiger partial charge in [0.25, 0.3) is 0 Å². The van der Waals surface area contributed by atoms with Gasteiger partial charge < -0.3 is 20.2 Å². The van der Waals surface area contributed by atoms with E-state index in [1.54, 1.807) is 47.4 Å². The summed E-state index contributed by atoms with van der Waals surface area (Å²) in [5.74, 6) is -0.993. The van der Waals surface area contributed by atoms with Crippen molar-refractivity contribution in [3.63, 3.8) is 0 Å². The number of nitrogens with zero attached hydrogens (tertiary/aromatic N) is 3. The van der Waals surface area contributed by atoms with Crippen LogP contribution in [0.2, 0.25) is 10.0 Å². The predicted molar refractivity (Wildman–Crippen MR) is 155 cm³/mol. The molecule has 3 aromatic carbocycles. The number of nitriles is 1. The Balaban J connectivity index is 1.44. The van der Waals surface area contributed by atoms with Crippen molar-refractivity contribution in [3.05, 3.63) is 87.9 Å². The molecule has 3 aromatic rings. The number of carbonyl (C=O) groups is 2. The van der Waals surface area contributed by atoms with E-state index in [4.69, 9.17) is 28.3 Å². The van der Waals surface area contributed by atoms with Gasteiger partial charge in [0.2, 0.25) is 0 Å². The van der Waals surface area contributed by atoms with Crippen molar-refractivity contribution >= 4 is 40.6 Å². The molecule has 1 aliphatic rings. The van der Waals surface area contributed by atoms with Crippen LogP contribution in [0.15, 0.2) is 66.7 Å². The Morgan fingerprint density at radius 2 is 1.62 bits per heavy atom. The molecule has 0 saturated carbocycles. The number of ketones is 1. The molecule has 39 heavy (non-hydrogen) atoms. The number of anilines is 1. The lowest BCUT2D eigenvalue weighted by molar-refractivity contribution is -0.117. The molecule has 1 heterocycles. The quantitative estimate of drug-likeness (QED) is 0.273. The summed E-state index contributed by atoms with van der Waals surface area (Å²) < 4.78 is 0. The molecule has 2 N–H and O–H groups in total. The van der Waals surface area contributed by atoms with E-state index < -0.39 is 5.97 Å². The molecule has 1 saturated heterocycles. The zero-order valence-electron chi connectivity index (χ0n) is 21.4. The van der Waals surface area contributed by atoms with Gasteiger partial charge in [-0.3, -0.25) is 4.79 Å². The fourth-order valence-corrected chi connectivity index (χ4v) is 5.03. The molecule has 7 nitrogen and oxygen atoms in total. The van der Waals surface area contributed by atoms with Crippen LogP contribution in [-0.4, -0.2) is 61.0 Å². The zero-order chi connectivity index (χ0) is 27.8. The number of Topliss-reactive ketones (excluding diaryl/α,β-unsaturated/α-hetero) is 1. The molecule has 0 aliphatic carbocycles. The number of hydrogen-bond acceptors (Lipinski definition) is 6. The minimum absolute atomic E-state index is 0.0436. The van der Waals surface area contributed by atoms with Gasteiger partial charge >= 0.3 is 5.97 Å². The van der Waals surface area contributed by atoms with E-state index in [-0.39, 0.29) is 37.0 Å². The van der Waals surface area contributed by atoms with Gasteiger partial charge in [-0.05, 0) is 73.0 Å². The van der Waals surface area contributed by atoms with Gasteiger partial charge in [0, 0.05) is 18.3 Å². The highest BCUT2D eigenvalue weighted by atomic mass is 35.5. The Labute approximate surface area is 238 Å². The van der Waals surface area contributed by atoms with E-state index in [0.29, 0.717) is 15.7 Å². The van der Waals surface area contributed by atoms with E-state index in [9.17, 15) is 14.9 Å². The molecule has 1 unspecified atom stereocenters. The second kappa shape index (κ2) is 13.6. The molecule has 202 valence electrons. The maximum atomic E-state index is 13.0. The van der Waals surface area contributed by atoms with E-state index in [0.717, 1.165) is 36.3 Å². The number of carbonyl (C=O) groups excluding carboxylic acids is 1. The largest absolute Gasteiger partial charge is 0.478 e. The number of carboxylic acids is 1. The molecule has 4 rings (SSSR count). The van der Waals surface area contributed by atoms with Crippen LogP contribution < -0.4 is 10.2 Å². The van der Waals surface area contributed by atoms with Gasteiger partial charge in [-0.1, -0.05) is 59.6 Å². The fourth-order valence-electron chi connectivity index (χ4n) is 4.74. The van der Waals surface area contributed by atoms with Gasteiger partial charge in [-0.25, -0.2) is 4.79 Å². The van der Waals surface area contributed by atoms with Crippen molar-refractivity contribution < 1.29 is 14.7 Å². The zero-order valence-corrected chi connectivity index (χ0v) is 23.0. The molecule has 0 amide bonds. The Bertz CT molecular complexity index is 1330. The number of likely N-dealkylation sites (tertiary alicyclic amines) is 1. The number of carboxylic acid groups (broad SMARTS) is 1. The van der Waals surface area contributed by atoms with Gasteiger partial charge in [-0.2, -0.15) is 5.26 Å². The molecule has 0 bridgehead atoms. The van der Waals surface area contributed by atoms with Crippen molar-refractivity contribution in [3.8, 4) is 17.2 Å². The van der Waals surface area contributed by atoms with Crippen LogP contribution in [-0.2, 0) is 4.79 Å². The second-order valence-electron chi connectivity index (χ2n) is 9.60. The van der Waals surface area contributed by atoms with Gasteiger partial charge in [-0.15, -0.1) is 0 Å². The summed E-state index contributed by atoms with van der Waals surface area (Å²) in [7, 11) is 0. The summed E-state index contributed by atoms with van der Waals surface area (Å²) in [6.45, 7) is 3.13. The van der Waals surface area contributed by atoms with Gasteiger partial charge in [0.1, 0.15) is 6.54 Å². The summed E-state index contributed by atoms with van der Waals surface area (Å²) in [4.78, 5) is 28.2. The maximum Gasteiger partial charge on any atom is 0.335 e. The number of aromatic carboxylic acids is 1. The number of rotatable bonds is 12. The summed E-state index contributed by atoms with van der Waals surface area (Å²) in [5.41, 5.74) is 3.91. The predicted octanol–water partition coefficient (Wildman–Crippen LogP) is 5.68. The number of halogens is 2. The molecule has 9 heteroatoms. The van der Waals surface area contributed by atoms with Crippen molar-refractivity contribution in [1.82, 2.24) is 10.2 Å². The first-order valence-corrected chi connectivity index (χ1v) is 13.6. The highest BCUT2D eigenvalue weighted by molar-refractivity contribution is 6.42. The van der Waals surface area contributed by atoms with Crippen LogP contribution in [0.4, 0.5) is 5.69 Å². The average Bonchev–Trinajstić information content (AvgIpc) is 3.46. The molecule has 1 aliphatic heterocycles. The molecule has 0 radical (unpaired) electrons. The molecular formula is C30H30Cl2N4O3. The second-order valence-corrected chi connectivity index (χ2v) is 10.4. The van der Waals surface area contributed by atoms with E-state index >= 15 is 0 Å². The Hall–Kier alpha value is -3.41. The summed E-state index contributed by atoms with van der Waals surface area (Å²) in [6, 6.07) is 22.1. The van der Waals surface area contributed by atoms with Crippen molar-refractivity contribution in [2.75, 3.05) is 44.2 Å². The van der Waals surface area contributed by atoms with Crippen LogP contribution in [0.3, 0.4) is 0 Å². The molecule has 0 spiro atoms. The van der Waals surface area contributed by atoms with E-state index in [1.165, 1.54) is 12.8 Å². The normalized spacial score (nSPS) is 14.1. The summed E-state index contributed by atoms with van der Waals surface area (Å²) in [5, 5.41) is 22.7. The number of hydrogen-bond donors (Lipinski definition) is 2. The SMILES string of the molecule is N#CCN(CC(=O)CNC(CN1CCCC1)c1ccc(-c2ccc(C(=O)O)cc2)cc1)c1ccc(Cl)c(Cl)c1. The molecule has 1 atom stereocenters. The van der Waals surface area contributed by atoms with E-state index in [2.05, 4.69) is 28.4 Å². The third-order valence-corrected chi connectivity index (χ3v) is 7.60. The fraction of sp³-hybridized carbons (Fsp3) is 0.300. The smallest absolute Gasteiger partial charge is 0.335 e. The van der Waals surface area contributed by atoms with Crippen molar-refractivity contribution in [1.29, 1.82) is 5.26 Å². The Kier molecular flexibility index (Phi) is 9.96. The van der Waals surface area contributed by atoms with Crippen LogP contribution >= 0.6 is 23.2 Å². The number of nitrogens with one attached hydrogen (secondary N) is 1. The lowest BCUT2D eigenvalue weighted by atomic mass is 9.99. The topological polar surface area (TPSA) is 96.7 Å². The summed E-state index contributed by atoms with van der Waals surface area (Å²) in [6.07, 6.45) is 2.34. The molecule has 1 fully saturated rings. The first kappa shape index (κ1) is 28.6. The third-order valence-electron chi connectivity index (χ3n) is 6.86. The number of benzene rings is 3. The highest BCUT2D eigenvalue weighted by Crippen LogP contribution is 2.27. The minimum Gasteiger partial charge on any atom is -0.478 e. The lowest BCUT2D eigenvalue weighted by Crippen LogP contribution is -2.39. The van der Waals surface area contributed by atoms with Crippen LogP contribution in [0, 0.1) is 11.3 Å². The van der Waals surface area contributed by atoms with Crippen LogP contribution in [0.1, 0.15) is 34.8 Å². The van der Waals surface area contributed by atoms with Crippen LogP contribution in [0.5, 0.6) is 0 Å². The summed E-state index contributed by atoms with van der Waals surface area (Å²) >= 11 is 12.2. The van der Waals surface area contributed by atoms with Crippen molar-refractivity contribution in [2.24, 2.45) is 0 Å². The Morgan fingerprint density at radius 1 is 0.974 bits per heavy atom. The average molecular weight is 566 g/mol. The first-order chi connectivity index (χ1) is 18.8. The highest BCUT2D eigenvalue weighted by Gasteiger charge is 2.21. The van der Waals surface area contributed by atoms with Crippen LogP contribution in [0.25, 0.3) is 11.1 Å². The lowest BCUT2D eigenvalue weighted by Gasteiger charge is -2.26. The minimum atomic E-state index is -0.949. The first-order valence-electron chi connectivity index (χ1n) is 12.8. The van der Waals surface area contributed by atoms with Gasteiger partial charge in [0.15, 0.2) is 5.78 Å². The van der Waals surface area contributed by atoms with E-state index in [1.807, 2.05) is 12.1 Å². The maximum absolute atomic E-state index is 13.0. The monoisotopic (exact) mass is 564 g/mol. The molecular weight excluding hydrogens is 535 g/mol. The van der Waals surface area contributed by atoms with Crippen molar-refractivity contribution in [2.45, 2.75) is 18.9 Å². The standard InChI is InChI=1S/C30H30Cl2N4O3/c31-27-12-11-25(17-28(27)32)36(16-13-33)19-26(37)18-34-29(20-35-14-1-2-15-35)23-7-3-21(4-8-23)22-5-9-24(10-6-22)30(38)39/h3-12,17,29,34H,1-2,14-16,18-20H2,(H,38,39).